The lowest BCUT2D eigenvalue weighted by Crippen LogP contribution is -2.14. The molecule has 0 radical (unpaired) electrons. The SMILES string of the molecule is O=C(O)COc1cccc(NC(=O)Cc2ccsc2)c1. The second-order valence-corrected chi connectivity index (χ2v) is 4.85. The summed E-state index contributed by atoms with van der Waals surface area (Å²) in [6.45, 7) is -0.410. The van der Waals surface area contributed by atoms with Crippen LogP contribution in [-0.2, 0) is 16.0 Å². The van der Waals surface area contributed by atoms with E-state index in [4.69, 9.17) is 9.84 Å². The van der Waals surface area contributed by atoms with Crippen molar-refractivity contribution in [2.75, 3.05) is 11.9 Å². The molecule has 6 heteroatoms. The lowest BCUT2D eigenvalue weighted by atomic mass is 10.2. The zero-order valence-electron chi connectivity index (χ0n) is 10.5. The predicted octanol–water partition coefficient (Wildman–Crippen LogP) is 2.39. The molecule has 0 aliphatic rings. The molecule has 1 heterocycles. The Bertz CT molecular complexity index is 595. The summed E-state index contributed by atoms with van der Waals surface area (Å²) >= 11 is 1.54. The van der Waals surface area contributed by atoms with E-state index in [0.29, 0.717) is 17.9 Å². The minimum Gasteiger partial charge on any atom is -0.482 e. The van der Waals surface area contributed by atoms with Crippen molar-refractivity contribution in [3.05, 3.63) is 46.7 Å². The molecule has 20 heavy (non-hydrogen) atoms. The van der Waals surface area contributed by atoms with Crippen molar-refractivity contribution in [1.82, 2.24) is 0 Å². The number of ether oxygens (including phenoxy) is 1. The maximum atomic E-state index is 11.8. The average molecular weight is 291 g/mol. The molecule has 0 fully saturated rings. The predicted molar refractivity (Wildman–Crippen MR) is 76.2 cm³/mol. The number of carboxylic acids is 1. The first kappa shape index (κ1) is 14.1. The molecule has 1 aromatic carbocycles. The zero-order valence-corrected chi connectivity index (χ0v) is 11.4. The molecule has 0 unspecified atom stereocenters. The lowest BCUT2D eigenvalue weighted by Gasteiger charge is -2.07. The first-order chi connectivity index (χ1) is 9.63. The fourth-order valence-corrected chi connectivity index (χ4v) is 2.26. The van der Waals surface area contributed by atoms with Gasteiger partial charge < -0.3 is 15.2 Å². The number of hydrogen-bond acceptors (Lipinski definition) is 4. The fraction of sp³-hybridized carbons (Fsp3) is 0.143. The van der Waals surface area contributed by atoms with Crippen LogP contribution in [0.1, 0.15) is 5.56 Å². The standard InChI is InChI=1S/C14H13NO4S/c16-13(6-10-4-5-20-9-10)15-11-2-1-3-12(7-11)19-8-14(17)18/h1-5,7,9H,6,8H2,(H,15,16)(H,17,18). The van der Waals surface area contributed by atoms with Crippen LogP contribution in [0.5, 0.6) is 5.75 Å². The maximum absolute atomic E-state index is 11.8. The summed E-state index contributed by atoms with van der Waals surface area (Å²) in [5.41, 5.74) is 1.54. The van der Waals surface area contributed by atoms with Gasteiger partial charge in [-0.2, -0.15) is 11.3 Å². The minimum absolute atomic E-state index is 0.126. The van der Waals surface area contributed by atoms with Gasteiger partial charge in [-0.3, -0.25) is 4.79 Å². The Morgan fingerprint density at radius 3 is 2.85 bits per heavy atom. The van der Waals surface area contributed by atoms with Gasteiger partial charge in [0.2, 0.25) is 5.91 Å². The molecule has 0 spiro atoms. The number of carbonyl (C=O) groups excluding carboxylic acids is 1. The van der Waals surface area contributed by atoms with Crippen LogP contribution in [0.2, 0.25) is 0 Å². The molecule has 0 atom stereocenters. The van der Waals surface area contributed by atoms with Crippen molar-refractivity contribution in [2.24, 2.45) is 0 Å². The number of carbonyl (C=O) groups is 2. The number of rotatable bonds is 6. The van der Waals surface area contributed by atoms with Crippen LogP contribution in [0.25, 0.3) is 0 Å². The molecule has 0 aliphatic heterocycles. The Morgan fingerprint density at radius 1 is 1.30 bits per heavy atom. The van der Waals surface area contributed by atoms with Crippen molar-refractivity contribution in [3.63, 3.8) is 0 Å². The van der Waals surface area contributed by atoms with E-state index in [9.17, 15) is 9.59 Å². The molecule has 1 amide bonds. The van der Waals surface area contributed by atoms with Gasteiger partial charge in [0.05, 0.1) is 6.42 Å². The fourth-order valence-electron chi connectivity index (χ4n) is 1.59. The number of amides is 1. The zero-order chi connectivity index (χ0) is 14.4. The molecule has 1 aromatic heterocycles. The summed E-state index contributed by atoms with van der Waals surface area (Å²) in [6, 6.07) is 8.54. The Kier molecular flexibility index (Phi) is 4.73. The smallest absolute Gasteiger partial charge is 0.341 e. The van der Waals surface area contributed by atoms with E-state index < -0.39 is 12.6 Å². The Hall–Kier alpha value is -2.34. The van der Waals surface area contributed by atoms with E-state index in [1.807, 2.05) is 16.8 Å². The molecule has 104 valence electrons. The van der Waals surface area contributed by atoms with Gasteiger partial charge in [0, 0.05) is 11.8 Å². The van der Waals surface area contributed by atoms with E-state index in [2.05, 4.69) is 5.32 Å². The van der Waals surface area contributed by atoms with Crippen molar-refractivity contribution in [1.29, 1.82) is 0 Å². The van der Waals surface area contributed by atoms with Gasteiger partial charge in [-0.25, -0.2) is 4.79 Å². The Morgan fingerprint density at radius 2 is 2.15 bits per heavy atom. The number of carboxylic acid groups (broad SMARTS) is 1. The van der Waals surface area contributed by atoms with Crippen LogP contribution in [0.3, 0.4) is 0 Å². The third kappa shape index (κ3) is 4.40. The monoisotopic (exact) mass is 291 g/mol. The van der Waals surface area contributed by atoms with Gasteiger partial charge in [0.1, 0.15) is 5.75 Å². The van der Waals surface area contributed by atoms with E-state index in [1.165, 1.54) is 0 Å². The highest BCUT2D eigenvalue weighted by Crippen LogP contribution is 2.17. The molecule has 5 nitrogen and oxygen atoms in total. The Labute approximate surface area is 119 Å². The lowest BCUT2D eigenvalue weighted by molar-refractivity contribution is -0.139. The second-order valence-electron chi connectivity index (χ2n) is 4.07. The highest BCUT2D eigenvalue weighted by molar-refractivity contribution is 7.08. The Balaban J connectivity index is 1.93. The van der Waals surface area contributed by atoms with Crippen LogP contribution < -0.4 is 10.1 Å². The third-order valence-electron chi connectivity index (χ3n) is 2.42. The van der Waals surface area contributed by atoms with E-state index in [-0.39, 0.29) is 5.91 Å². The van der Waals surface area contributed by atoms with Crippen molar-refractivity contribution in [2.45, 2.75) is 6.42 Å². The van der Waals surface area contributed by atoms with Crippen molar-refractivity contribution < 1.29 is 19.4 Å². The van der Waals surface area contributed by atoms with Gasteiger partial charge in [-0.15, -0.1) is 0 Å². The summed E-state index contributed by atoms with van der Waals surface area (Å²) in [5, 5.41) is 15.1. The topological polar surface area (TPSA) is 75.6 Å². The molecule has 2 rings (SSSR count). The van der Waals surface area contributed by atoms with Crippen molar-refractivity contribution >= 4 is 28.9 Å². The highest BCUT2D eigenvalue weighted by atomic mass is 32.1. The summed E-state index contributed by atoms with van der Waals surface area (Å²) in [7, 11) is 0. The molecule has 2 aromatic rings. The largest absolute Gasteiger partial charge is 0.482 e. The van der Waals surface area contributed by atoms with Crippen molar-refractivity contribution in [3.8, 4) is 5.75 Å². The number of hydrogen-bond donors (Lipinski definition) is 2. The number of thiophene rings is 1. The average Bonchev–Trinajstić information content (AvgIpc) is 2.89. The first-order valence-electron chi connectivity index (χ1n) is 5.89. The molecular formula is C14H13NO4S. The molecular weight excluding hydrogens is 278 g/mol. The molecule has 0 aliphatic carbocycles. The summed E-state index contributed by atoms with van der Waals surface area (Å²) in [4.78, 5) is 22.2. The summed E-state index contributed by atoms with van der Waals surface area (Å²) < 4.78 is 5.05. The molecule has 0 saturated carbocycles. The first-order valence-corrected chi connectivity index (χ1v) is 6.83. The molecule has 0 bridgehead atoms. The number of benzene rings is 1. The number of nitrogens with one attached hydrogen (secondary N) is 1. The van der Waals surface area contributed by atoms with Crippen LogP contribution in [0.4, 0.5) is 5.69 Å². The summed E-state index contributed by atoms with van der Waals surface area (Å²) in [5.74, 6) is -0.767. The maximum Gasteiger partial charge on any atom is 0.341 e. The van der Waals surface area contributed by atoms with Crippen LogP contribution in [0, 0.1) is 0 Å². The van der Waals surface area contributed by atoms with Crippen LogP contribution >= 0.6 is 11.3 Å². The summed E-state index contributed by atoms with van der Waals surface area (Å²) in [6.07, 6.45) is 0.309. The molecule has 0 saturated heterocycles. The quantitative estimate of drug-likeness (QED) is 0.857. The van der Waals surface area contributed by atoms with Gasteiger partial charge in [0.25, 0.3) is 0 Å². The van der Waals surface area contributed by atoms with Gasteiger partial charge in [0.15, 0.2) is 6.61 Å². The van der Waals surface area contributed by atoms with Gasteiger partial charge >= 0.3 is 5.97 Å². The number of aliphatic carboxylic acids is 1. The van der Waals surface area contributed by atoms with Gasteiger partial charge in [-0.1, -0.05) is 6.07 Å². The van der Waals surface area contributed by atoms with Crippen LogP contribution in [0.15, 0.2) is 41.1 Å². The third-order valence-corrected chi connectivity index (χ3v) is 3.16. The van der Waals surface area contributed by atoms with E-state index >= 15 is 0 Å². The second kappa shape index (κ2) is 6.72. The minimum atomic E-state index is -1.04. The van der Waals surface area contributed by atoms with Crippen LogP contribution in [-0.4, -0.2) is 23.6 Å². The van der Waals surface area contributed by atoms with Gasteiger partial charge in [-0.05, 0) is 34.5 Å². The number of anilines is 1. The molecule has 2 N–H and O–H groups in total. The van der Waals surface area contributed by atoms with E-state index in [1.54, 1.807) is 35.6 Å². The highest BCUT2D eigenvalue weighted by Gasteiger charge is 2.06. The van der Waals surface area contributed by atoms with E-state index in [0.717, 1.165) is 5.56 Å². The normalized spacial score (nSPS) is 10.0.